The molecule has 0 aliphatic carbocycles. The van der Waals surface area contributed by atoms with Crippen LogP contribution in [0.3, 0.4) is 0 Å². The van der Waals surface area contributed by atoms with Gasteiger partial charge >= 0.3 is 0 Å². The second-order valence-corrected chi connectivity index (χ2v) is 4.63. The van der Waals surface area contributed by atoms with Gasteiger partial charge < -0.3 is 15.2 Å². The highest BCUT2D eigenvalue weighted by molar-refractivity contribution is 6.31. The van der Waals surface area contributed by atoms with Crippen molar-refractivity contribution < 1.29 is 13.9 Å². The van der Waals surface area contributed by atoms with Crippen LogP contribution in [0.5, 0.6) is 11.5 Å². The topological polar surface area (TPSA) is 44.5 Å². The molecule has 2 rings (SSSR count). The van der Waals surface area contributed by atoms with Crippen molar-refractivity contribution in [1.29, 1.82) is 0 Å². The lowest BCUT2D eigenvalue weighted by molar-refractivity contribution is 0.389. The van der Waals surface area contributed by atoms with Gasteiger partial charge in [0.15, 0.2) is 0 Å². The molecule has 0 fully saturated rings. The minimum Gasteiger partial charge on any atom is -0.497 e. The number of halogens is 2. The first kappa shape index (κ1) is 14.6. The number of methoxy groups -OCH3 is 2. The van der Waals surface area contributed by atoms with E-state index in [1.54, 1.807) is 37.4 Å². The van der Waals surface area contributed by atoms with E-state index in [9.17, 15) is 4.39 Å². The van der Waals surface area contributed by atoms with Gasteiger partial charge in [-0.25, -0.2) is 4.39 Å². The van der Waals surface area contributed by atoms with E-state index in [0.29, 0.717) is 17.1 Å². The summed E-state index contributed by atoms with van der Waals surface area (Å²) in [6.45, 7) is 0. The summed E-state index contributed by atoms with van der Waals surface area (Å²) in [4.78, 5) is 0. The molecule has 2 N–H and O–H groups in total. The molecule has 1 atom stereocenters. The van der Waals surface area contributed by atoms with Crippen LogP contribution in [-0.2, 0) is 0 Å². The van der Waals surface area contributed by atoms with Crippen molar-refractivity contribution in [2.75, 3.05) is 14.2 Å². The number of rotatable bonds is 4. The Labute approximate surface area is 122 Å². The average molecular weight is 296 g/mol. The Morgan fingerprint density at radius 1 is 1.15 bits per heavy atom. The molecule has 20 heavy (non-hydrogen) atoms. The van der Waals surface area contributed by atoms with Crippen molar-refractivity contribution >= 4 is 11.6 Å². The van der Waals surface area contributed by atoms with Crippen LogP contribution in [0.1, 0.15) is 17.2 Å². The zero-order valence-corrected chi connectivity index (χ0v) is 11.9. The monoisotopic (exact) mass is 295 g/mol. The lowest BCUT2D eigenvalue weighted by atomic mass is 9.98. The smallest absolute Gasteiger partial charge is 0.129 e. The molecule has 2 aromatic carbocycles. The SMILES string of the molecule is COc1ccc(C(N)c2c(F)cccc2Cl)c(OC)c1. The predicted molar refractivity (Wildman–Crippen MR) is 77.0 cm³/mol. The molecule has 1 unspecified atom stereocenters. The predicted octanol–water partition coefficient (Wildman–Crippen LogP) is 3.54. The maximum atomic E-state index is 13.9. The fourth-order valence-electron chi connectivity index (χ4n) is 2.04. The van der Waals surface area contributed by atoms with Gasteiger partial charge in [-0.3, -0.25) is 0 Å². The average Bonchev–Trinajstić information content (AvgIpc) is 2.46. The van der Waals surface area contributed by atoms with Crippen LogP contribution in [0, 0.1) is 5.82 Å². The third-order valence-corrected chi connectivity index (χ3v) is 3.42. The van der Waals surface area contributed by atoms with Crippen LogP contribution < -0.4 is 15.2 Å². The molecule has 0 saturated heterocycles. The van der Waals surface area contributed by atoms with E-state index < -0.39 is 11.9 Å². The molecule has 5 heteroatoms. The molecule has 0 spiro atoms. The zero-order valence-electron chi connectivity index (χ0n) is 11.2. The maximum Gasteiger partial charge on any atom is 0.129 e. The van der Waals surface area contributed by atoms with Crippen LogP contribution in [-0.4, -0.2) is 14.2 Å². The highest BCUT2D eigenvalue weighted by Crippen LogP contribution is 2.35. The highest BCUT2D eigenvalue weighted by atomic mass is 35.5. The summed E-state index contributed by atoms with van der Waals surface area (Å²) < 4.78 is 24.3. The Kier molecular flexibility index (Phi) is 4.47. The highest BCUT2D eigenvalue weighted by Gasteiger charge is 2.20. The maximum absolute atomic E-state index is 13.9. The van der Waals surface area contributed by atoms with Crippen molar-refractivity contribution in [3.05, 3.63) is 58.4 Å². The van der Waals surface area contributed by atoms with E-state index in [-0.39, 0.29) is 10.6 Å². The number of ether oxygens (including phenoxy) is 2. The normalized spacial score (nSPS) is 12.1. The molecule has 0 aliphatic heterocycles. The van der Waals surface area contributed by atoms with Gasteiger partial charge in [0.1, 0.15) is 17.3 Å². The van der Waals surface area contributed by atoms with Crippen molar-refractivity contribution in [3.63, 3.8) is 0 Å². The third kappa shape index (κ3) is 2.71. The first-order chi connectivity index (χ1) is 9.58. The molecule has 0 aliphatic rings. The number of nitrogens with two attached hydrogens (primary N) is 1. The molecule has 0 saturated carbocycles. The molecule has 106 valence electrons. The largest absolute Gasteiger partial charge is 0.497 e. The van der Waals surface area contributed by atoms with Gasteiger partial charge in [-0.1, -0.05) is 17.7 Å². The van der Waals surface area contributed by atoms with Gasteiger partial charge in [-0.05, 0) is 24.3 Å². The summed E-state index contributed by atoms with van der Waals surface area (Å²) in [6.07, 6.45) is 0. The van der Waals surface area contributed by atoms with Crippen LogP contribution in [0.25, 0.3) is 0 Å². The molecule has 3 nitrogen and oxygen atoms in total. The molecule has 0 radical (unpaired) electrons. The van der Waals surface area contributed by atoms with Crippen molar-refractivity contribution in [3.8, 4) is 11.5 Å². The van der Waals surface area contributed by atoms with Crippen molar-refractivity contribution in [2.24, 2.45) is 5.73 Å². The number of hydrogen-bond acceptors (Lipinski definition) is 3. The van der Waals surface area contributed by atoms with E-state index in [2.05, 4.69) is 0 Å². The molecular weight excluding hydrogens is 281 g/mol. The van der Waals surface area contributed by atoms with E-state index in [4.69, 9.17) is 26.8 Å². The quantitative estimate of drug-likeness (QED) is 0.938. The summed E-state index contributed by atoms with van der Waals surface area (Å²) >= 11 is 6.04. The lowest BCUT2D eigenvalue weighted by Crippen LogP contribution is -2.15. The first-order valence-corrected chi connectivity index (χ1v) is 6.37. The summed E-state index contributed by atoms with van der Waals surface area (Å²) in [5.41, 5.74) is 7.03. The Morgan fingerprint density at radius 2 is 1.90 bits per heavy atom. The Bertz CT molecular complexity index is 599. The Hall–Kier alpha value is -1.78. The Morgan fingerprint density at radius 3 is 2.50 bits per heavy atom. The number of benzene rings is 2. The van der Waals surface area contributed by atoms with Gasteiger partial charge in [-0.2, -0.15) is 0 Å². The minimum atomic E-state index is -0.718. The molecule has 0 amide bonds. The molecule has 0 aromatic heterocycles. The summed E-state index contributed by atoms with van der Waals surface area (Å²) in [6, 6.07) is 8.94. The Balaban J connectivity index is 2.50. The van der Waals surface area contributed by atoms with E-state index in [1.807, 2.05) is 0 Å². The second-order valence-electron chi connectivity index (χ2n) is 4.22. The van der Waals surface area contributed by atoms with Gasteiger partial charge in [0.25, 0.3) is 0 Å². The van der Waals surface area contributed by atoms with Crippen LogP contribution >= 0.6 is 11.6 Å². The second kappa shape index (κ2) is 6.11. The van der Waals surface area contributed by atoms with Crippen LogP contribution in [0.15, 0.2) is 36.4 Å². The lowest BCUT2D eigenvalue weighted by Gasteiger charge is -2.18. The fraction of sp³-hybridized carbons (Fsp3) is 0.200. The summed E-state index contributed by atoms with van der Waals surface area (Å²) in [5, 5.41) is 0.287. The third-order valence-electron chi connectivity index (χ3n) is 3.09. The van der Waals surface area contributed by atoms with Gasteiger partial charge in [0.05, 0.1) is 20.3 Å². The molecule has 2 aromatic rings. The van der Waals surface area contributed by atoms with Gasteiger partial charge in [-0.15, -0.1) is 0 Å². The summed E-state index contributed by atoms with van der Waals surface area (Å²) in [5.74, 6) is 0.719. The van der Waals surface area contributed by atoms with Crippen LogP contribution in [0.4, 0.5) is 4.39 Å². The van der Waals surface area contributed by atoms with E-state index >= 15 is 0 Å². The van der Waals surface area contributed by atoms with Crippen LogP contribution in [0.2, 0.25) is 5.02 Å². The minimum absolute atomic E-state index is 0.248. The van der Waals surface area contributed by atoms with Gasteiger partial charge in [0.2, 0.25) is 0 Å². The zero-order chi connectivity index (χ0) is 14.7. The molecule has 0 bridgehead atoms. The van der Waals surface area contributed by atoms with Crippen molar-refractivity contribution in [1.82, 2.24) is 0 Å². The van der Waals surface area contributed by atoms with E-state index in [1.165, 1.54) is 13.2 Å². The van der Waals surface area contributed by atoms with E-state index in [0.717, 1.165) is 0 Å². The number of hydrogen-bond donors (Lipinski definition) is 1. The standard InChI is InChI=1S/C15H15ClFNO2/c1-19-9-6-7-10(13(8-9)20-2)15(18)14-11(16)4-3-5-12(14)17/h3-8,15H,18H2,1-2H3. The summed E-state index contributed by atoms with van der Waals surface area (Å²) in [7, 11) is 3.08. The molecular formula is C15H15ClFNO2. The first-order valence-electron chi connectivity index (χ1n) is 6.00. The fourth-order valence-corrected chi connectivity index (χ4v) is 2.32. The van der Waals surface area contributed by atoms with Gasteiger partial charge in [0, 0.05) is 22.2 Å². The molecule has 0 heterocycles. The van der Waals surface area contributed by atoms with Crippen molar-refractivity contribution in [2.45, 2.75) is 6.04 Å².